The molecule has 0 fully saturated rings. The van der Waals surface area contributed by atoms with Crippen molar-refractivity contribution in [2.75, 3.05) is 6.54 Å². The van der Waals surface area contributed by atoms with Crippen molar-refractivity contribution < 1.29 is 0 Å². The third-order valence-electron chi connectivity index (χ3n) is 2.83. The molecule has 2 heterocycles. The number of aromatic nitrogens is 2. The Morgan fingerprint density at radius 2 is 2.32 bits per heavy atom. The molecule has 0 aliphatic carbocycles. The van der Waals surface area contributed by atoms with Crippen LogP contribution in [-0.4, -0.2) is 22.5 Å². The second-order valence-corrected chi connectivity index (χ2v) is 4.83. The molecule has 0 saturated carbocycles. The van der Waals surface area contributed by atoms with Crippen LogP contribution in [-0.2, 0) is 6.54 Å². The summed E-state index contributed by atoms with van der Waals surface area (Å²) in [6, 6.07) is 3.03. The zero-order valence-electron chi connectivity index (χ0n) is 11.7. The van der Waals surface area contributed by atoms with Crippen molar-refractivity contribution in [1.29, 1.82) is 0 Å². The summed E-state index contributed by atoms with van der Waals surface area (Å²) in [4.78, 5) is 18.7. The van der Waals surface area contributed by atoms with E-state index in [9.17, 15) is 4.79 Å². The van der Waals surface area contributed by atoms with Crippen LogP contribution >= 0.6 is 11.6 Å². The average Bonchev–Trinajstić information content (AvgIpc) is 2.53. The smallest absolute Gasteiger partial charge is 0.267 e. The van der Waals surface area contributed by atoms with Gasteiger partial charge in [0.2, 0.25) is 0 Å². The highest BCUT2D eigenvalue weighted by atomic mass is 35.5. The van der Waals surface area contributed by atoms with Crippen LogP contribution in [0.3, 0.4) is 0 Å². The molecule has 1 aliphatic heterocycles. The van der Waals surface area contributed by atoms with E-state index in [1.165, 1.54) is 10.7 Å². The Hall–Kier alpha value is -2.55. The minimum absolute atomic E-state index is 0.164. The first-order valence-electron chi connectivity index (χ1n) is 6.68. The Bertz CT molecular complexity index is 777. The van der Waals surface area contributed by atoms with E-state index in [1.54, 1.807) is 12.3 Å². The number of halogens is 1. The van der Waals surface area contributed by atoms with E-state index in [1.807, 2.05) is 0 Å². The Morgan fingerprint density at radius 3 is 3.09 bits per heavy atom. The molecule has 0 atom stereocenters. The van der Waals surface area contributed by atoms with Gasteiger partial charge in [0, 0.05) is 35.2 Å². The number of rotatable bonds is 4. The van der Waals surface area contributed by atoms with Crippen LogP contribution in [0.4, 0.5) is 0 Å². The molecule has 0 amide bonds. The van der Waals surface area contributed by atoms with Gasteiger partial charge in [0.15, 0.2) is 0 Å². The molecule has 1 aromatic rings. The van der Waals surface area contributed by atoms with E-state index in [0.29, 0.717) is 29.4 Å². The second kappa shape index (κ2) is 8.03. The van der Waals surface area contributed by atoms with Gasteiger partial charge in [-0.2, -0.15) is 5.10 Å². The molecular formula is C14H13ClN6O. The van der Waals surface area contributed by atoms with Gasteiger partial charge >= 0.3 is 0 Å². The summed E-state index contributed by atoms with van der Waals surface area (Å²) in [5, 5.41) is 8.26. The third-order valence-corrected chi connectivity index (χ3v) is 3.20. The number of hydrogen-bond acceptors (Lipinski definition) is 4. The van der Waals surface area contributed by atoms with Crippen molar-refractivity contribution in [3.63, 3.8) is 0 Å². The summed E-state index contributed by atoms with van der Waals surface area (Å²) in [6.45, 7) is 0.473. The highest BCUT2D eigenvalue weighted by Gasteiger charge is 2.12. The first-order valence-corrected chi connectivity index (χ1v) is 7.06. The number of aliphatic imine (C=N–C) groups is 1. The van der Waals surface area contributed by atoms with E-state index in [-0.39, 0.29) is 12.1 Å². The molecule has 0 N–H and O–H groups in total. The van der Waals surface area contributed by atoms with Gasteiger partial charge in [-0.25, -0.2) is 4.68 Å². The lowest BCUT2D eigenvalue weighted by molar-refractivity contribution is 0.656. The highest BCUT2D eigenvalue weighted by Crippen LogP contribution is 2.26. The van der Waals surface area contributed by atoms with Gasteiger partial charge in [0.25, 0.3) is 5.56 Å². The first kappa shape index (κ1) is 15.8. The predicted octanol–water partition coefficient (Wildman–Crippen LogP) is 2.72. The summed E-state index contributed by atoms with van der Waals surface area (Å²) >= 11 is 6.16. The summed E-state index contributed by atoms with van der Waals surface area (Å²) in [5.41, 5.74) is 9.04. The van der Waals surface area contributed by atoms with E-state index >= 15 is 0 Å². The Kier molecular flexibility index (Phi) is 5.78. The second-order valence-electron chi connectivity index (χ2n) is 4.38. The maximum absolute atomic E-state index is 11.8. The first-order chi connectivity index (χ1) is 10.7. The van der Waals surface area contributed by atoms with Gasteiger partial charge in [-0.05, 0) is 24.4 Å². The number of azide groups is 1. The van der Waals surface area contributed by atoms with Crippen LogP contribution in [0.5, 0.6) is 0 Å². The lowest BCUT2D eigenvalue weighted by atomic mass is 10.2. The van der Waals surface area contributed by atoms with Crippen LogP contribution in [0.15, 0.2) is 32.1 Å². The molecule has 7 nitrogen and oxygen atoms in total. The Balaban J connectivity index is 2.15. The Labute approximate surface area is 131 Å². The molecule has 1 aliphatic rings. The summed E-state index contributed by atoms with van der Waals surface area (Å²) in [6.07, 6.45) is 3.76. The van der Waals surface area contributed by atoms with Crippen molar-refractivity contribution in [3.05, 3.63) is 43.7 Å². The third kappa shape index (κ3) is 4.22. The van der Waals surface area contributed by atoms with Gasteiger partial charge in [-0.1, -0.05) is 22.6 Å². The van der Waals surface area contributed by atoms with Crippen molar-refractivity contribution >= 4 is 23.5 Å². The summed E-state index contributed by atoms with van der Waals surface area (Å²) in [5.74, 6) is 5.64. The number of allylic oxidation sites excluding steroid dienone is 1. The largest absolute Gasteiger partial charge is 0.268 e. The standard InChI is InChI=1S/C14H13ClN6O/c15-11-5-4-8-17-14(11)12-6-7-13(22)21(19-12)10-3-1-2-9-18-20-16/h6-8H,2,4-5,9-10H2. The molecule has 0 radical (unpaired) electrons. The van der Waals surface area contributed by atoms with E-state index in [4.69, 9.17) is 17.1 Å². The Morgan fingerprint density at radius 1 is 1.45 bits per heavy atom. The SMILES string of the molecule is [N-]=[N+]=NCCC#CCn1nc(C2=C(Cl)CCC=N2)ccc1=O. The summed E-state index contributed by atoms with van der Waals surface area (Å²) < 4.78 is 1.26. The zero-order chi connectivity index (χ0) is 15.8. The molecular weight excluding hydrogens is 304 g/mol. The van der Waals surface area contributed by atoms with Crippen LogP contribution < -0.4 is 5.56 Å². The van der Waals surface area contributed by atoms with E-state index < -0.39 is 0 Å². The van der Waals surface area contributed by atoms with Crippen LogP contribution in [0, 0.1) is 11.8 Å². The molecule has 0 unspecified atom stereocenters. The highest BCUT2D eigenvalue weighted by molar-refractivity contribution is 6.33. The monoisotopic (exact) mass is 316 g/mol. The van der Waals surface area contributed by atoms with Crippen LogP contribution in [0.1, 0.15) is 25.0 Å². The van der Waals surface area contributed by atoms with Gasteiger partial charge in [0.05, 0.1) is 0 Å². The van der Waals surface area contributed by atoms with Crippen molar-refractivity contribution in [1.82, 2.24) is 9.78 Å². The molecule has 1 aromatic heterocycles. The average molecular weight is 317 g/mol. The topological polar surface area (TPSA) is 96.0 Å². The number of hydrogen-bond donors (Lipinski definition) is 0. The normalized spacial score (nSPS) is 13.3. The number of nitrogens with zero attached hydrogens (tertiary/aromatic N) is 6. The molecule has 0 saturated heterocycles. The van der Waals surface area contributed by atoms with E-state index in [2.05, 4.69) is 32.0 Å². The van der Waals surface area contributed by atoms with Crippen LogP contribution in [0.25, 0.3) is 16.1 Å². The van der Waals surface area contributed by atoms with Crippen molar-refractivity contribution in [2.24, 2.45) is 10.1 Å². The fraction of sp³-hybridized carbons (Fsp3) is 0.357. The van der Waals surface area contributed by atoms with Crippen molar-refractivity contribution in [2.45, 2.75) is 25.8 Å². The van der Waals surface area contributed by atoms with Gasteiger partial charge in [-0.15, -0.1) is 5.92 Å². The summed E-state index contributed by atoms with van der Waals surface area (Å²) in [7, 11) is 0. The van der Waals surface area contributed by atoms with Gasteiger partial charge in [0.1, 0.15) is 17.9 Å². The molecule has 0 aromatic carbocycles. The van der Waals surface area contributed by atoms with Crippen molar-refractivity contribution in [3.8, 4) is 11.8 Å². The van der Waals surface area contributed by atoms with Gasteiger partial charge in [-0.3, -0.25) is 9.79 Å². The van der Waals surface area contributed by atoms with E-state index in [0.717, 1.165) is 12.8 Å². The molecule has 2 rings (SSSR count). The fourth-order valence-electron chi connectivity index (χ4n) is 1.80. The molecule has 0 spiro atoms. The minimum atomic E-state index is -0.246. The quantitative estimate of drug-likeness (QED) is 0.280. The molecule has 8 heteroatoms. The lowest BCUT2D eigenvalue weighted by Crippen LogP contribution is -2.22. The predicted molar refractivity (Wildman–Crippen MR) is 85.4 cm³/mol. The minimum Gasteiger partial charge on any atom is -0.268 e. The zero-order valence-corrected chi connectivity index (χ0v) is 12.5. The van der Waals surface area contributed by atoms with Crippen LogP contribution in [0.2, 0.25) is 0 Å². The molecule has 22 heavy (non-hydrogen) atoms. The maximum atomic E-state index is 11.8. The lowest BCUT2D eigenvalue weighted by Gasteiger charge is -2.10. The van der Waals surface area contributed by atoms with Gasteiger partial charge < -0.3 is 0 Å². The fourth-order valence-corrected chi connectivity index (χ4v) is 2.05. The maximum Gasteiger partial charge on any atom is 0.267 e. The molecule has 112 valence electrons. The molecule has 0 bridgehead atoms.